The van der Waals surface area contributed by atoms with Crippen LogP contribution in [0.1, 0.15) is 29.3 Å². The smallest absolute Gasteiger partial charge is 0.289 e. The molecule has 0 bridgehead atoms. The van der Waals surface area contributed by atoms with Crippen molar-refractivity contribution in [3.63, 3.8) is 0 Å². The van der Waals surface area contributed by atoms with Crippen molar-refractivity contribution in [2.24, 2.45) is 0 Å². The normalized spacial score (nSPS) is 11.5. The van der Waals surface area contributed by atoms with Gasteiger partial charge in [-0.15, -0.1) is 0 Å². The van der Waals surface area contributed by atoms with E-state index in [9.17, 15) is 23.3 Å². The fourth-order valence-corrected chi connectivity index (χ4v) is 3.89. The highest BCUT2D eigenvalue weighted by atomic mass is 79.9. The van der Waals surface area contributed by atoms with Crippen LogP contribution in [0.25, 0.3) is 0 Å². The Balaban J connectivity index is 2.46. The highest BCUT2D eigenvalue weighted by Crippen LogP contribution is 2.29. The van der Waals surface area contributed by atoms with E-state index in [1.54, 1.807) is 6.92 Å². The first-order valence-electron chi connectivity index (χ1n) is 8.09. The van der Waals surface area contributed by atoms with Crippen LogP contribution in [0.5, 0.6) is 0 Å². The van der Waals surface area contributed by atoms with Gasteiger partial charge in [0.1, 0.15) is 5.69 Å². The minimum atomic E-state index is -4.01. The van der Waals surface area contributed by atoms with E-state index in [1.165, 1.54) is 31.3 Å². The largest absolute Gasteiger partial charge is 0.301 e. The summed E-state index contributed by atoms with van der Waals surface area (Å²) in [4.78, 5) is 23.3. The Morgan fingerprint density at radius 1 is 1.25 bits per heavy atom. The van der Waals surface area contributed by atoms with E-state index in [4.69, 9.17) is 11.6 Å². The van der Waals surface area contributed by atoms with Gasteiger partial charge < -0.3 is 0 Å². The number of nitrogens with one attached hydrogen (secondary N) is 1. The summed E-state index contributed by atoms with van der Waals surface area (Å²) in [5.41, 5.74) is -0.355. The molecule has 150 valence electrons. The first kappa shape index (κ1) is 22.3. The van der Waals surface area contributed by atoms with Crippen molar-refractivity contribution in [1.82, 2.24) is 4.31 Å². The molecular formula is C17H17BrClN3O5S. The number of hydrogen-bond donors (Lipinski definition) is 1. The molecule has 0 heterocycles. The summed E-state index contributed by atoms with van der Waals surface area (Å²) in [5.74, 6) is -0.436. The summed E-state index contributed by atoms with van der Waals surface area (Å²) in [7, 11) is -2.65. The van der Waals surface area contributed by atoms with Crippen LogP contribution in [-0.2, 0) is 10.2 Å². The lowest BCUT2D eigenvalue weighted by atomic mass is 10.0. The summed E-state index contributed by atoms with van der Waals surface area (Å²) in [6.45, 7) is 2.04. The molecule has 2 rings (SSSR count). The monoisotopic (exact) mass is 489 g/mol. The molecule has 0 radical (unpaired) electrons. The van der Waals surface area contributed by atoms with Gasteiger partial charge in [-0.3, -0.25) is 19.6 Å². The number of nitrogens with zero attached hydrogens (tertiary/aromatic N) is 2. The van der Waals surface area contributed by atoms with Crippen molar-refractivity contribution in [2.45, 2.75) is 13.3 Å². The van der Waals surface area contributed by atoms with Crippen LogP contribution < -0.4 is 4.72 Å². The standard InChI is InChI=1S/C17H17BrClN3O5S/c1-3-8-21(2)28(26,27)20-15-10-12(5-7-16(15)22(24)25)17(23)11-4-6-14(19)13(18)9-11/h4-7,9-10,20H,3,8H2,1-2H3. The number of carbonyl (C=O) groups is 1. The fourth-order valence-electron chi connectivity index (χ4n) is 2.37. The average Bonchev–Trinajstić information content (AvgIpc) is 2.63. The molecule has 11 heteroatoms. The van der Waals surface area contributed by atoms with E-state index in [1.807, 2.05) is 0 Å². The summed E-state index contributed by atoms with van der Waals surface area (Å²) in [6.07, 6.45) is 0.573. The number of benzene rings is 2. The molecule has 1 N–H and O–H groups in total. The number of hydrogen-bond acceptors (Lipinski definition) is 5. The van der Waals surface area contributed by atoms with Gasteiger partial charge in [-0.25, -0.2) is 0 Å². The van der Waals surface area contributed by atoms with Gasteiger partial charge in [-0.1, -0.05) is 18.5 Å². The lowest BCUT2D eigenvalue weighted by molar-refractivity contribution is -0.383. The molecule has 0 fully saturated rings. The second-order valence-electron chi connectivity index (χ2n) is 5.88. The van der Waals surface area contributed by atoms with Crippen LogP contribution in [0.2, 0.25) is 5.02 Å². The van der Waals surface area contributed by atoms with Crippen molar-refractivity contribution in [1.29, 1.82) is 0 Å². The Labute approximate surface area is 176 Å². The zero-order chi connectivity index (χ0) is 21.1. The minimum Gasteiger partial charge on any atom is -0.289 e. The number of rotatable bonds is 8. The summed E-state index contributed by atoms with van der Waals surface area (Å²) in [6, 6.07) is 8.08. The summed E-state index contributed by atoms with van der Waals surface area (Å²) < 4.78 is 28.5. The lowest BCUT2D eigenvalue weighted by Crippen LogP contribution is -2.33. The Bertz CT molecular complexity index is 1030. The van der Waals surface area contributed by atoms with E-state index in [2.05, 4.69) is 20.7 Å². The Hall–Kier alpha value is -2.01. The van der Waals surface area contributed by atoms with E-state index in [-0.39, 0.29) is 17.8 Å². The molecule has 2 aromatic rings. The molecule has 0 aliphatic heterocycles. The van der Waals surface area contributed by atoms with Gasteiger partial charge in [-0.05, 0) is 52.7 Å². The van der Waals surface area contributed by atoms with Gasteiger partial charge in [0, 0.05) is 35.3 Å². The molecular weight excluding hydrogens is 474 g/mol. The zero-order valence-electron chi connectivity index (χ0n) is 15.0. The Morgan fingerprint density at radius 2 is 1.86 bits per heavy atom. The van der Waals surface area contributed by atoms with Crippen molar-refractivity contribution in [3.8, 4) is 0 Å². The molecule has 0 unspecified atom stereocenters. The third kappa shape index (κ3) is 5.07. The van der Waals surface area contributed by atoms with Crippen LogP contribution in [0.15, 0.2) is 40.9 Å². The maximum absolute atomic E-state index is 12.7. The van der Waals surface area contributed by atoms with Crippen molar-refractivity contribution in [2.75, 3.05) is 18.3 Å². The van der Waals surface area contributed by atoms with Crippen molar-refractivity contribution < 1.29 is 18.1 Å². The zero-order valence-corrected chi connectivity index (χ0v) is 18.1. The predicted octanol–water partition coefficient (Wildman–Crippen LogP) is 4.24. The Morgan fingerprint density at radius 3 is 2.43 bits per heavy atom. The number of ketones is 1. The predicted molar refractivity (Wildman–Crippen MR) is 111 cm³/mol. The minimum absolute atomic E-state index is 0.0932. The highest BCUT2D eigenvalue weighted by molar-refractivity contribution is 9.10. The van der Waals surface area contributed by atoms with Gasteiger partial charge in [0.15, 0.2) is 5.78 Å². The highest BCUT2D eigenvalue weighted by Gasteiger charge is 2.24. The maximum Gasteiger partial charge on any atom is 0.301 e. The topological polar surface area (TPSA) is 110 Å². The SMILES string of the molecule is CCCN(C)S(=O)(=O)Nc1cc(C(=O)c2ccc(Cl)c(Br)c2)ccc1[N+](=O)[O-]. The summed E-state index contributed by atoms with van der Waals surface area (Å²) >= 11 is 9.16. The van der Waals surface area contributed by atoms with Crippen LogP contribution in [-0.4, -0.2) is 37.0 Å². The average molecular weight is 491 g/mol. The number of nitro benzene ring substituents is 1. The quantitative estimate of drug-likeness (QED) is 0.338. The van der Waals surface area contributed by atoms with Crippen LogP contribution in [0.3, 0.4) is 0 Å². The van der Waals surface area contributed by atoms with Gasteiger partial charge in [-0.2, -0.15) is 12.7 Å². The molecule has 0 aromatic heterocycles. The van der Waals surface area contributed by atoms with E-state index >= 15 is 0 Å². The molecule has 0 saturated carbocycles. The van der Waals surface area contributed by atoms with Crippen molar-refractivity contribution >= 4 is 54.9 Å². The third-order valence-electron chi connectivity index (χ3n) is 3.82. The number of carbonyl (C=O) groups excluding carboxylic acids is 1. The number of anilines is 1. The van der Waals surface area contributed by atoms with Gasteiger partial charge >= 0.3 is 10.2 Å². The number of nitro groups is 1. The third-order valence-corrected chi connectivity index (χ3v) is 6.52. The maximum atomic E-state index is 12.7. The van der Waals surface area contributed by atoms with Crippen LogP contribution in [0, 0.1) is 10.1 Å². The molecule has 0 aliphatic carbocycles. The summed E-state index contributed by atoms with van der Waals surface area (Å²) in [5, 5.41) is 11.7. The lowest BCUT2D eigenvalue weighted by Gasteiger charge is -2.17. The Kier molecular flexibility index (Phi) is 7.16. The molecule has 0 saturated heterocycles. The first-order chi connectivity index (χ1) is 13.1. The van der Waals surface area contributed by atoms with Gasteiger partial charge in [0.2, 0.25) is 0 Å². The molecule has 2 aromatic carbocycles. The molecule has 0 atom stereocenters. The van der Waals surface area contributed by atoms with Crippen LogP contribution >= 0.6 is 27.5 Å². The fraction of sp³-hybridized carbons (Fsp3) is 0.235. The number of halogens is 2. The second kappa shape index (κ2) is 8.99. The van der Waals surface area contributed by atoms with E-state index < -0.39 is 26.6 Å². The van der Waals surface area contributed by atoms with Gasteiger partial charge in [0.05, 0.1) is 9.95 Å². The van der Waals surface area contributed by atoms with E-state index in [0.29, 0.717) is 21.5 Å². The molecule has 0 amide bonds. The molecule has 0 aliphatic rings. The first-order valence-corrected chi connectivity index (χ1v) is 10.7. The van der Waals surface area contributed by atoms with Gasteiger partial charge in [0.25, 0.3) is 5.69 Å². The van der Waals surface area contributed by atoms with E-state index in [0.717, 1.165) is 16.4 Å². The van der Waals surface area contributed by atoms with Crippen LogP contribution in [0.4, 0.5) is 11.4 Å². The molecule has 8 nitrogen and oxygen atoms in total. The molecule has 28 heavy (non-hydrogen) atoms. The molecule has 0 spiro atoms. The second-order valence-corrected chi connectivity index (χ2v) is 8.91. The van der Waals surface area contributed by atoms with Crippen molar-refractivity contribution in [3.05, 3.63) is 67.1 Å².